The maximum absolute atomic E-state index is 13.3. The van der Waals surface area contributed by atoms with E-state index in [1.54, 1.807) is 0 Å². The molecule has 4 rings (SSSR count). The van der Waals surface area contributed by atoms with Gasteiger partial charge in [-0.05, 0) is 58.1 Å². The third-order valence-electron chi connectivity index (χ3n) is 5.90. The Kier molecular flexibility index (Phi) is 7.52. The minimum Gasteiger partial charge on any atom is -0.381 e. The van der Waals surface area contributed by atoms with E-state index in [1.807, 2.05) is 29.6 Å². The van der Waals surface area contributed by atoms with E-state index in [0.29, 0.717) is 22.5 Å². The smallest absolute Gasteiger partial charge is 0.243 e. The van der Waals surface area contributed by atoms with Gasteiger partial charge < -0.3 is 14.8 Å². The van der Waals surface area contributed by atoms with Crippen molar-refractivity contribution in [2.45, 2.75) is 57.8 Å². The summed E-state index contributed by atoms with van der Waals surface area (Å²) in [5.74, 6) is 0.554. The Labute approximate surface area is 199 Å². The number of amides is 1. The van der Waals surface area contributed by atoms with Crippen molar-refractivity contribution in [2.24, 2.45) is 5.92 Å². The van der Waals surface area contributed by atoms with Gasteiger partial charge in [-0.25, -0.2) is 4.98 Å². The van der Waals surface area contributed by atoms with Crippen LogP contribution in [0.4, 0.5) is 5.13 Å². The first-order valence-corrected chi connectivity index (χ1v) is 12.5. The van der Waals surface area contributed by atoms with E-state index in [-0.39, 0.29) is 23.7 Å². The van der Waals surface area contributed by atoms with E-state index in [0.717, 1.165) is 50.4 Å². The highest BCUT2D eigenvalue weighted by atomic mass is 35.5. The number of hydrogen-bond acceptors (Lipinski definition) is 6. The lowest BCUT2D eigenvalue weighted by Gasteiger charge is -2.30. The Morgan fingerprint density at radius 1 is 1.28 bits per heavy atom. The molecule has 1 N–H and O–H groups in total. The van der Waals surface area contributed by atoms with Crippen LogP contribution in [-0.2, 0) is 14.3 Å². The van der Waals surface area contributed by atoms with Gasteiger partial charge >= 0.3 is 0 Å². The molecule has 1 amide bonds. The van der Waals surface area contributed by atoms with Crippen molar-refractivity contribution in [2.75, 3.05) is 31.6 Å². The predicted octanol–water partition coefficient (Wildman–Crippen LogP) is 5.09. The molecule has 1 aromatic heterocycles. The summed E-state index contributed by atoms with van der Waals surface area (Å²) >= 11 is 7.43. The molecule has 0 spiro atoms. The lowest BCUT2D eigenvalue weighted by molar-refractivity contribution is -0.120. The maximum Gasteiger partial charge on any atom is 0.243 e. The van der Waals surface area contributed by atoms with Gasteiger partial charge in [0.15, 0.2) is 5.13 Å². The number of carbonyl (C=O) groups is 1. The zero-order valence-electron chi connectivity index (χ0n) is 19.0. The molecular formula is C24H32ClN3O3S. The van der Waals surface area contributed by atoms with Gasteiger partial charge in [0.05, 0.1) is 23.4 Å². The Balaban J connectivity index is 1.43. The van der Waals surface area contributed by atoms with Gasteiger partial charge in [0.2, 0.25) is 5.91 Å². The minimum absolute atomic E-state index is 0.00549. The van der Waals surface area contributed by atoms with Gasteiger partial charge in [-0.2, -0.15) is 0 Å². The molecule has 2 saturated heterocycles. The molecule has 174 valence electrons. The summed E-state index contributed by atoms with van der Waals surface area (Å²) < 4.78 is 11.8. The number of nitrogens with zero attached hydrogens (tertiary/aromatic N) is 2. The largest absolute Gasteiger partial charge is 0.381 e. The second kappa shape index (κ2) is 10.2. The molecule has 0 radical (unpaired) electrons. The summed E-state index contributed by atoms with van der Waals surface area (Å²) in [6, 6.07) is 7.34. The van der Waals surface area contributed by atoms with Crippen LogP contribution in [0.2, 0.25) is 5.02 Å². The summed E-state index contributed by atoms with van der Waals surface area (Å²) in [4.78, 5) is 20.2. The lowest BCUT2D eigenvalue weighted by Crippen LogP contribution is -2.42. The highest BCUT2D eigenvalue weighted by Crippen LogP contribution is 2.30. The molecule has 2 atom stereocenters. The molecular weight excluding hydrogens is 446 g/mol. The van der Waals surface area contributed by atoms with Gasteiger partial charge in [0.25, 0.3) is 0 Å². The lowest BCUT2D eigenvalue weighted by atomic mass is 9.99. The highest BCUT2D eigenvalue weighted by Gasteiger charge is 2.40. The topological polar surface area (TPSA) is 63.7 Å². The van der Waals surface area contributed by atoms with Gasteiger partial charge in [0.1, 0.15) is 0 Å². The van der Waals surface area contributed by atoms with Gasteiger partial charge in [-0.1, -0.05) is 23.7 Å². The highest BCUT2D eigenvalue weighted by molar-refractivity contribution is 7.14. The van der Waals surface area contributed by atoms with Gasteiger partial charge in [-0.3, -0.25) is 9.69 Å². The fourth-order valence-electron chi connectivity index (χ4n) is 4.46. The third-order valence-corrected chi connectivity index (χ3v) is 6.91. The zero-order valence-corrected chi connectivity index (χ0v) is 20.5. The fourth-order valence-corrected chi connectivity index (χ4v) is 5.30. The molecule has 2 fully saturated rings. The molecule has 8 heteroatoms. The standard InChI is InChI=1S/C24H32ClN3O3S/c1-24(2,3)31-19-12-21(28(14-19)13-16-8-10-30-11-9-16)22(29)27-23-26-20(15-32-23)17-4-6-18(25)7-5-17/h4-7,15-16,19,21H,8-14H2,1-3H3,(H,26,27,29)/t19-,21+/m1/s1. The first-order valence-electron chi connectivity index (χ1n) is 11.3. The second-order valence-electron chi connectivity index (χ2n) is 9.65. The van der Waals surface area contributed by atoms with Gasteiger partial charge in [0, 0.05) is 42.3 Å². The molecule has 3 heterocycles. The number of rotatable bonds is 6. The summed E-state index contributed by atoms with van der Waals surface area (Å²) in [6.07, 6.45) is 2.84. The Hall–Kier alpha value is -1.51. The Bertz CT molecular complexity index is 906. The predicted molar refractivity (Wildman–Crippen MR) is 129 cm³/mol. The number of aromatic nitrogens is 1. The summed E-state index contributed by atoms with van der Waals surface area (Å²) in [6.45, 7) is 9.50. The van der Waals surface area contributed by atoms with Gasteiger partial charge in [-0.15, -0.1) is 11.3 Å². The van der Waals surface area contributed by atoms with Crippen LogP contribution in [0.5, 0.6) is 0 Å². The molecule has 0 bridgehead atoms. The van der Waals surface area contributed by atoms with Crippen LogP contribution >= 0.6 is 22.9 Å². The summed E-state index contributed by atoms with van der Waals surface area (Å²) in [5, 5.41) is 6.32. The van der Waals surface area contributed by atoms with Crippen molar-refractivity contribution in [3.8, 4) is 11.3 Å². The molecule has 0 unspecified atom stereocenters. The quantitative estimate of drug-likeness (QED) is 0.628. The Morgan fingerprint density at radius 3 is 2.69 bits per heavy atom. The SMILES string of the molecule is CC(C)(C)O[C@@H]1C[C@@H](C(=O)Nc2nc(-c3ccc(Cl)cc3)cs2)N(CC2CCOCC2)C1. The van der Waals surface area contributed by atoms with Crippen molar-refractivity contribution in [3.05, 3.63) is 34.7 Å². The number of ether oxygens (including phenoxy) is 2. The van der Waals surface area contributed by atoms with Crippen molar-refractivity contribution in [1.29, 1.82) is 0 Å². The number of likely N-dealkylation sites (tertiary alicyclic amines) is 1. The van der Waals surface area contributed by atoms with Crippen LogP contribution in [0.1, 0.15) is 40.0 Å². The average molecular weight is 478 g/mol. The number of hydrogen-bond donors (Lipinski definition) is 1. The third kappa shape index (κ3) is 6.29. The molecule has 2 aliphatic heterocycles. The first-order chi connectivity index (χ1) is 15.3. The van der Waals surface area contributed by atoms with Crippen LogP contribution in [0.25, 0.3) is 11.3 Å². The molecule has 2 aromatic rings. The molecule has 2 aliphatic rings. The molecule has 1 aromatic carbocycles. The fraction of sp³-hybridized carbons (Fsp3) is 0.583. The van der Waals surface area contributed by atoms with Crippen LogP contribution in [0.15, 0.2) is 29.6 Å². The van der Waals surface area contributed by atoms with Crippen LogP contribution in [0.3, 0.4) is 0 Å². The summed E-state index contributed by atoms with van der Waals surface area (Å²) in [5.41, 5.74) is 1.58. The van der Waals surface area contributed by atoms with E-state index >= 15 is 0 Å². The second-order valence-corrected chi connectivity index (χ2v) is 10.9. The summed E-state index contributed by atoms with van der Waals surface area (Å²) in [7, 11) is 0. The van der Waals surface area contributed by atoms with Crippen molar-refractivity contribution < 1.29 is 14.3 Å². The number of anilines is 1. The van der Waals surface area contributed by atoms with E-state index in [9.17, 15) is 4.79 Å². The van der Waals surface area contributed by atoms with Crippen molar-refractivity contribution in [3.63, 3.8) is 0 Å². The van der Waals surface area contributed by atoms with Crippen LogP contribution in [-0.4, -0.2) is 59.8 Å². The molecule has 0 aliphatic carbocycles. The minimum atomic E-state index is -0.233. The maximum atomic E-state index is 13.3. The van der Waals surface area contributed by atoms with Crippen LogP contribution in [0, 0.1) is 5.92 Å². The number of halogens is 1. The van der Waals surface area contributed by atoms with E-state index in [4.69, 9.17) is 21.1 Å². The van der Waals surface area contributed by atoms with E-state index in [1.165, 1.54) is 11.3 Å². The van der Waals surface area contributed by atoms with E-state index in [2.05, 4.69) is 36.0 Å². The molecule has 32 heavy (non-hydrogen) atoms. The number of benzene rings is 1. The average Bonchev–Trinajstić information content (AvgIpc) is 3.35. The Morgan fingerprint density at radius 2 is 2.00 bits per heavy atom. The van der Waals surface area contributed by atoms with Crippen LogP contribution < -0.4 is 5.32 Å². The normalized spacial score (nSPS) is 22.9. The number of carbonyl (C=O) groups excluding carboxylic acids is 1. The van der Waals surface area contributed by atoms with Crippen molar-refractivity contribution >= 4 is 34.0 Å². The van der Waals surface area contributed by atoms with E-state index < -0.39 is 0 Å². The van der Waals surface area contributed by atoms with Crippen molar-refractivity contribution in [1.82, 2.24) is 9.88 Å². The molecule has 0 saturated carbocycles. The zero-order chi connectivity index (χ0) is 22.7. The molecule has 6 nitrogen and oxygen atoms in total. The number of nitrogens with one attached hydrogen (secondary N) is 1. The monoisotopic (exact) mass is 477 g/mol. The number of thiazole rings is 1. The first kappa shape index (κ1) is 23.6.